The zero-order valence-corrected chi connectivity index (χ0v) is 10.7. The molecule has 19 heavy (non-hydrogen) atoms. The highest BCUT2D eigenvalue weighted by molar-refractivity contribution is 6.31. The Morgan fingerprint density at radius 1 is 1.42 bits per heavy atom. The molecule has 2 N–H and O–H groups in total. The van der Waals surface area contributed by atoms with Crippen LogP contribution in [-0.2, 0) is 4.79 Å². The summed E-state index contributed by atoms with van der Waals surface area (Å²) >= 11 is 5.83. The summed E-state index contributed by atoms with van der Waals surface area (Å²) in [6.45, 7) is 0. The number of amides is 1. The molecular formula is C14H12ClNO3. The highest BCUT2D eigenvalue weighted by Crippen LogP contribution is 2.48. The van der Waals surface area contributed by atoms with Crippen LogP contribution in [0.25, 0.3) is 0 Å². The maximum Gasteiger partial charge on any atom is 0.228 e. The van der Waals surface area contributed by atoms with Crippen molar-refractivity contribution in [2.75, 3.05) is 5.32 Å². The topological polar surface area (TPSA) is 62.5 Å². The summed E-state index contributed by atoms with van der Waals surface area (Å²) in [4.78, 5) is 12.0. The first kappa shape index (κ1) is 12.1. The summed E-state index contributed by atoms with van der Waals surface area (Å²) in [6, 6.07) is 8.23. The minimum atomic E-state index is -0.126. The van der Waals surface area contributed by atoms with Crippen LogP contribution in [0.2, 0.25) is 5.02 Å². The molecule has 4 nitrogen and oxygen atoms in total. The maximum atomic E-state index is 12.0. The van der Waals surface area contributed by atoms with Crippen LogP contribution >= 0.6 is 11.6 Å². The number of carbonyl (C=O) groups excluding carboxylic acids is 1. The molecule has 0 saturated heterocycles. The van der Waals surface area contributed by atoms with Gasteiger partial charge in [0, 0.05) is 16.9 Å². The van der Waals surface area contributed by atoms with Crippen LogP contribution in [0.1, 0.15) is 18.1 Å². The van der Waals surface area contributed by atoms with Crippen LogP contribution in [0.15, 0.2) is 41.0 Å². The van der Waals surface area contributed by atoms with Gasteiger partial charge in [-0.15, -0.1) is 0 Å². The Morgan fingerprint density at radius 2 is 2.26 bits per heavy atom. The van der Waals surface area contributed by atoms with Gasteiger partial charge in [0.25, 0.3) is 0 Å². The van der Waals surface area contributed by atoms with Crippen LogP contribution in [0.3, 0.4) is 0 Å². The third kappa shape index (κ3) is 2.44. The van der Waals surface area contributed by atoms with Crippen molar-refractivity contribution in [3.63, 3.8) is 0 Å². The second kappa shape index (κ2) is 4.63. The van der Waals surface area contributed by atoms with Crippen LogP contribution in [0.4, 0.5) is 5.69 Å². The molecule has 2 aromatic rings. The van der Waals surface area contributed by atoms with E-state index in [0.29, 0.717) is 10.7 Å². The summed E-state index contributed by atoms with van der Waals surface area (Å²) in [5.74, 6) is 0.739. The lowest BCUT2D eigenvalue weighted by molar-refractivity contribution is -0.117. The van der Waals surface area contributed by atoms with Crippen LogP contribution < -0.4 is 5.32 Å². The Labute approximate surface area is 115 Å². The van der Waals surface area contributed by atoms with E-state index in [1.807, 2.05) is 12.1 Å². The maximum absolute atomic E-state index is 12.0. The molecule has 1 aliphatic carbocycles. The van der Waals surface area contributed by atoms with Crippen LogP contribution in [0, 0.1) is 5.92 Å². The zero-order chi connectivity index (χ0) is 13.4. The van der Waals surface area contributed by atoms with Crippen molar-refractivity contribution in [1.29, 1.82) is 0 Å². The first-order valence-corrected chi connectivity index (χ1v) is 6.36. The van der Waals surface area contributed by atoms with Crippen molar-refractivity contribution in [2.24, 2.45) is 5.92 Å². The number of benzene rings is 1. The van der Waals surface area contributed by atoms with Crippen molar-refractivity contribution in [3.05, 3.63) is 47.4 Å². The summed E-state index contributed by atoms with van der Waals surface area (Å²) < 4.78 is 5.28. The number of carbonyl (C=O) groups is 1. The Morgan fingerprint density at radius 3 is 3.00 bits per heavy atom. The molecule has 2 atom stereocenters. The average molecular weight is 278 g/mol. The minimum absolute atomic E-state index is 0.00736. The van der Waals surface area contributed by atoms with Gasteiger partial charge in [0.15, 0.2) is 0 Å². The van der Waals surface area contributed by atoms with Gasteiger partial charge < -0.3 is 14.8 Å². The lowest BCUT2D eigenvalue weighted by Gasteiger charge is -2.07. The van der Waals surface area contributed by atoms with Gasteiger partial charge in [-0.25, -0.2) is 0 Å². The molecule has 3 rings (SSSR count). The molecule has 5 heteroatoms. The predicted molar refractivity (Wildman–Crippen MR) is 71.3 cm³/mol. The van der Waals surface area contributed by atoms with E-state index in [1.54, 1.807) is 12.3 Å². The quantitative estimate of drug-likeness (QED) is 0.846. The van der Waals surface area contributed by atoms with Gasteiger partial charge in [-0.1, -0.05) is 11.6 Å². The van der Waals surface area contributed by atoms with Crippen molar-refractivity contribution in [1.82, 2.24) is 0 Å². The van der Waals surface area contributed by atoms with Gasteiger partial charge in [0.05, 0.1) is 12.0 Å². The fraction of sp³-hybridized carbons (Fsp3) is 0.214. The van der Waals surface area contributed by atoms with E-state index in [1.165, 1.54) is 12.1 Å². The molecule has 0 bridgehead atoms. The molecule has 0 spiro atoms. The van der Waals surface area contributed by atoms with Crippen molar-refractivity contribution in [3.8, 4) is 5.75 Å². The summed E-state index contributed by atoms with van der Waals surface area (Å²) in [6.07, 6.45) is 2.37. The Balaban J connectivity index is 1.68. The number of rotatable bonds is 3. The number of furan rings is 1. The number of hydrogen-bond donors (Lipinski definition) is 2. The molecular weight excluding hydrogens is 266 g/mol. The van der Waals surface area contributed by atoms with E-state index in [-0.39, 0.29) is 23.5 Å². The number of phenolic OH excluding ortho intramolecular Hbond substituents is 1. The molecule has 1 amide bonds. The van der Waals surface area contributed by atoms with E-state index in [4.69, 9.17) is 16.0 Å². The van der Waals surface area contributed by atoms with E-state index < -0.39 is 0 Å². The van der Waals surface area contributed by atoms with Crippen LogP contribution in [-0.4, -0.2) is 11.0 Å². The molecule has 1 aromatic heterocycles. The largest absolute Gasteiger partial charge is 0.506 e. The van der Waals surface area contributed by atoms with Gasteiger partial charge in [-0.3, -0.25) is 4.79 Å². The Kier molecular flexibility index (Phi) is 2.95. The highest BCUT2D eigenvalue weighted by atomic mass is 35.5. The number of phenols is 1. The lowest BCUT2D eigenvalue weighted by atomic mass is 10.2. The minimum Gasteiger partial charge on any atom is -0.506 e. The molecule has 0 aliphatic heterocycles. The first-order chi connectivity index (χ1) is 9.15. The van der Waals surface area contributed by atoms with Gasteiger partial charge in [0.1, 0.15) is 11.5 Å². The summed E-state index contributed by atoms with van der Waals surface area (Å²) in [7, 11) is 0. The molecule has 98 valence electrons. The second-order valence-corrected chi connectivity index (χ2v) is 5.05. The number of aromatic hydroxyl groups is 1. The average Bonchev–Trinajstić information content (AvgIpc) is 3.00. The molecule has 0 radical (unpaired) electrons. The van der Waals surface area contributed by atoms with Gasteiger partial charge in [0.2, 0.25) is 5.91 Å². The standard InChI is InChI=1S/C14H12ClNO3/c15-8-3-4-12(17)11(6-8)16-14(18)10-7-9(10)13-2-1-5-19-13/h1-6,9-10,17H,7H2,(H,16,18)/t9-,10-/m0/s1. The van der Waals surface area contributed by atoms with E-state index >= 15 is 0 Å². The third-order valence-electron chi connectivity index (χ3n) is 3.25. The first-order valence-electron chi connectivity index (χ1n) is 5.98. The summed E-state index contributed by atoms with van der Waals surface area (Å²) in [5, 5.41) is 12.8. The van der Waals surface area contributed by atoms with E-state index in [0.717, 1.165) is 12.2 Å². The number of halogens is 1. The Hall–Kier alpha value is -1.94. The normalized spacial score (nSPS) is 21.1. The fourth-order valence-corrected chi connectivity index (χ4v) is 2.31. The van der Waals surface area contributed by atoms with Crippen LogP contribution in [0.5, 0.6) is 5.75 Å². The molecule has 1 heterocycles. The molecule has 1 aromatic carbocycles. The number of anilines is 1. The Bertz CT molecular complexity index is 609. The molecule has 1 aliphatic rings. The lowest BCUT2D eigenvalue weighted by Crippen LogP contribution is -2.14. The monoisotopic (exact) mass is 277 g/mol. The van der Waals surface area contributed by atoms with Crippen molar-refractivity contribution < 1.29 is 14.3 Å². The number of nitrogens with one attached hydrogen (secondary N) is 1. The highest BCUT2D eigenvalue weighted by Gasteiger charge is 2.45. The number of hydrogen-bond acceptors (Lipinski definition) is 3. The molecule has 0 unspecified atom stereocenters. The van der Waals surface area contributed by atoms with Gasteiger partial charge in [-0.05, 0) is 36.8 Å². The van der Waals surface area contributed by atoms with E-state index in [9.17, 15) is 9.90 Å². The molecule has 1 fully saturated rings. The van der Waals surface area contributed by atoms with Crippen molar-refractivity contribution in [2.45, 2.75) is 12.3 Å². The smallest absolute Gasteiger partial charge is 0.228 e. The summed E-state index contributed by atoms with van der Waals surface area (Å²) in [5.41, 5.74) is 0.336. The SMILES string of the molecule is O=C(Nc1cc(Cl)ccc1O)[C@H]1C[C@@H]1c1ccco1. The predicted octanol–water partition coefficient (Wildman–Crippen LogP) is 3.38. The zero-order valence-electron chi connectivity index (χ0n) is 9.97. The van der Waals surface area contributed by atoms with Gasteiger partial charge in [-0.2, -0.15) is 0 Å². The second-order valence-electron chi connectivity index (χ2n) is 4.61. The third-order valence-corrected chi connectivity index (χ3v) is 3.49. The molecule has 1 saturated carbocycles. The fourth-order valence-electron chi connectivity index (χ4n) is 2.14. The van der Waals surface area contributed by atoms with Gasteiger partial charge >= 0.3 is 0 Å². The van der Waals surface area contributed by atoms with E-state index in [2.05, 4.69) is 5.32 Å². The van der Waals surface area contributed by atoms with Crippen molar-refractivity contribution >= 4 is 23.2 Å².